The average molecular weight is 466 g/mol. The van der Waals surface area contributed by atoms with Gasteiger partial charge in [-0.1, -0.05) is 17.3 Å². The third-order valence-corrected chi connectivity index (χ3v) is 6.79. The van der Waals surface area contributed by atoms with E-state index in [-0.39, 0.29) is 29.7 Å². The first kappa shape index (κ1) is 21.1. The van der Waals surface area contributed by atoms with Crippen LogP contribution >= 0.6 is 11.3 Å². The van der Waals surface area contributed by atoms with Crippen molar-refractivity contribution in [1.29, 1.82) is 0 Å². The lowest BCUT2D eigenvalue weighted by atomic mass is 10.1. The van der Waals surface area contributed by atoms with E-state index in [1.54, 1.807) is 37.5 Å². The highest BCUT2D eigenvalue weighted by molar-refractivity contribution is 7.17. The molecule has 0 unspecified atom stereocenters. The van der Waals surface area contributed by atoms with E-state index in [1.807, 2.05) is 0 Å². The molecule has 0 atom stereocenters. The third-order valence-electron chi connectivity index (χ3n) is 5.58. The number of carbonyl (C=O) groups excluding carboxylic acids is 2. The van der Waals surface area contributed by atoms with Crippen molar-refractivity contribution in [2.24, 2.45) is 0 Å². The number of nitrogens with one attached hydrogen (secondary N) is 2. The van der Waals surface area contributed by atoms with Gasteiger partial charge in [-0.3, -0.25) is 9.59 Å². The Balaban J connectivity index is 1.36. The van der Waals surface area contributed by atoms with Crippen molar-refractivity contribution in [3.8, 4) is 11.3 Å². The van der Waals surface area contributed by atoms with Crippen LogP contribution in [0.5, 0.6) is 0 Å². The van der Waals surface area contributed by atoms with Crippen LogP contribution in [0.3, 0.4) is 0 Å². The largest absolute Gasteiger partial charge is 0.467 e. The molecular weight excluding hydrogens is 445 g/mol. The first-order chi connectivity index (χ1) is 16.0. The standard InChI is InChI=1S/C24H20FN3O4S/c1-13-7-8-14(10-17(13)25)19-11-18(28-32-19)22(29)27-24-21(16-5-2-6-20(16)33-24)23(30)26-12-15-4-3-9-31-15/h3-4,7-11H,2,5-6,12H2,1H3,(H,26,30)(H,27,29). The second kappa shape index (κ2) is 8.67. The number of nitrogens with zero attached hydrogens (tertiary/aromatic N) is 1. The summed E-state index contributed by atoms with van der Waals surface area (Å²) in [6.07, 6.45) is 4.19. The van der Waals surface area contributed by atoms with E-state index < -0.39 is 5.91 Å². The predicted molar refractivity (Wildman–Crippen MR) is 121 cm³/mol. The lowest BCUT2D eigenvalue weighted by molar-refractivity contribution is 0.0948. The van der Waals surface area contributed by atoms with Gasteiger partial charge in [0.2, 0.25) is 0 Å². The molecule has 0 fully saturated rings. The number of anilines is 1. The van der Waals surface area contributed by atoms with Crippen LogP contribution in [0.25, 0.3) is 11.3 Å². The first-order valence-corrected chi connectivity index (χ1v) is 11.3. The lowest BCUT2D eigenvalue weighted by Gasteiger charge is -2.08. The smallest absolute Gasteiger partial charge is 0.278 e. The zero-order chi connectivity index (χ0) is 22.9. The van der Waals surface area contributed by atoms with Gasteiger partial charge in [0.1, 0.15) is 16.6 Å². The molecule has 33 heavy (non-hydrogen) atoms. The number of benzene rings is 1. The van der Waals surface area contributed by atoms with Gasteiger partial charge in [-0.2, -0.15) is 0 Å². The van der Waals surface area contributed by atoms with Crippen LogP contribution in [0.15, 0.2) is 51.6 Å². The zero-order valence-corrected chi connectivity index (χ0v) is 18.6. The summed E-state index contributed by atoms with van der Waals surface area (Å²) in [5.74, 6) is -0.213. The average Bonchev–Trinajstić information content (AvgIpc) is 3.58. The number of furan rings is 1. The molecule has 1 aliphatic carbocycles. The summed E-state index contributed by atoms with van der Waals surface area (Å²) in [5, 5.41) is 9.98. The Hall–Kier alpha value is -3.72. The molecule has 0 aliphatic heterocycles. The Morgan fingerprint density at radius 1 is 1.18 bits per heavy atom. The summed E-state index contributed by atoms with van der Waals surface area (Å²) in [6, 6.07) is 9.66. The predicted octanol–water partition coefficient (Wildman–Crippen LogP) is 5.11. The molecule has 7 nitrogen and oxygen atoms in total. The van der Waals surface area contributed by atoms with Crippen LogP contribution in [0.4, 0.5) is 9.39 Å². The summed E-state index contributed by atoms with van der Waals surface area (Å²) >= 11 is 1.41. The molecule has 4 aromatic rings. The van der Waals surface area contributed by atoms with Gasteiger partial charge < -0.3 is 19.6 Å². The number of fused-ring (bicyclic) bond motifs is 1. The minimum absolute atomic E-state index is 0.0430. The van der Waals surface area contributed by atoms with Gasteiger partial charge in [0.05, 0.1) is 18.4 Å². The highest BCUT2D eigenvalue weighted by Gasteiger charge is 2.28. The van der Waals surface area contributed by atoms with Crippen LogP contribution in [0, 0.1) is 12.7 Å². The molecule has 1 aromatic carbocycles. The van der Waals surface area contributed by atoms with Crippen LogP contribution < -0.4 is 10.6 Å². The van der Waals surface area contributed by atoms with Crippen molar-refractivity contribution in [3.05, 3.63) is 81.5 Å². The van der Waals surface area contributed by atoms with Gasteiger partial charge in [-0.25, -0.2) is 4.39 Å². The number of thiophene rings is 1. The van der Waals surface area contributed by atoms with E-state index in [9.17, 15) is 14.0 Å². The van der Waals surface area contributed by atoms with Gasteiger partial charge in [0.25, 0.3) is 11.8 Å². The molecule has 3 heterocycles. The van der Waals surface area contributed by atoms with Crippen LogP contribution in [-0.4, -0.2) is 17.0 Å². The van der Waals surface area contributed by atoms with E-state index >= 15 is 0 Å². The maximum Gasteiger partial charge on any atom is 0.278 e. The summed E-state index contributed by atoms with van der Waals surface area (Å²) < 4.78 is 24.4. The molecule has 0 bridgehead atoms. The highest BCUT2D eigenvalue weighted by atomic mass is 32.1. The normalized spacial score (nSPS) is 12.5. The molecule has 168 valence electrons. The SMILES string of the molecule is Cc1ccc(-c2cc(C(=O)Nc3sc4c(c3C(=O)NCc3ccco3)CCC4)no2)cc1F. The molecule has 3 aromatic heterocycles. The second-order valence-electron chi connectivity index (χ2n) is 7.82. The summed E-state index contributed by atoms with van der Waals surface area (Å²) in [4.78, 5) is 27.0. The van der Waals surface area contributed by atoms with Gasteiger partial charge in [0.15, 0.2) is 11.5 Å². The lowest BCUT2D eigenvalue weighted by Crippen LogP contribution is -2.25. The Bertz CT molecular complexity index is 1340. The fourth-order valence-electron chi connectivity index (χ4n) is 3.83. The van der Waals surface area contributed by atoms with Gasteiger partial charge in [-0.05, 0) is 55.5 Å². The van der Waals surface area contributed by atoms with Crippen molar-refractivity contribution in [2.75, 3.05) is 5.32 Å². The van der Waals surface area contributed by atoms with E-state index in [2.05, 4.69) is 15.8 Å². The number of hydrogen-bond donors (Lipinski definition) is 2. The minimum atomic E-state index is -0.502. The molecule has 2 amide bonds. The number of halogens is 1. The second-order valence-corrected chi connectivity index (χ2v) is 8.92. The van der Waals surface area contributed by atoms with Crippen LogP contribution in [0.1, 0.15) is 49.0 Å². The van der Waals surface area contributed by atoms with Gasteiger partial charge in [-0.15, -0.1) is 11.3 Å². The van der Waals surface area contributed by atoms with E-state index in [0.717, 1.165) is 29.7 Å². The number of aryl methyl sites for hydroxylation is 2. The van der Waals surface area contributed by atoms with Crippen molar-refractivity contribution >= 4 is 28.2 Å². The monoisotopic (exact) mass is 465 g/mol. The van der Waals surface area contributed by atoms with Crippen LogP contribution in [-0.2, 0) is 19.4 Å². The minimum Gasteiger partial charge on any atom is -0.467 e. The molecule has 0 radical (unpaired) electrons. The zero-order valence-electron chi connectivity index (χ0n) is 17.7. The highest BCUT2D eigenvalue weighted by Crippen LogP contribution is 2.39. The Kier molecular flexibility index (Phi) is 5.55. The maximum absolute atomic E-state index is 13.9. The topological polar surface area (TPSA) is 97.4 Å². The first-order valence-electron chi connectivity index (χ1n) is 10.5. The van der Waals surface area contributed by atoms with E-state index in [0.29, 0.717) is 27.5 Å². The molecule has 2 N–H and O–H groups in total. The Morgan fingerprint density at radius 2 is 2.06 bits per heavy atom. The van der Waals surface area contributed by atoms with E-state index in [1.165, 1.54) is 23.5 Å². The Morgan fingerprint density at radius 3 is 2.85 bits per heavy atom. The molecule has 0 spiro atoms. The van der Waals surface area contributed by atoms with Crippen molar-refractivity contribution < 1.29 is 22.9 Å². The Labute approximate surface area is 192 Å². The third kappa shape index (κ3) is 4.19. The molecule has 0 saturated heterocycles. The fourth-order valence-corrected chi connectivity index (χ4v) is 5.11. The summed E-state index contributed by atoms with van der Waals surface area (Å²) in [5.41, 5.74) is 2.50. The number of hydrogen-bond acceptors (Lipinski definition) is 6. The number of carbonyl (C=O) groups is 2. The summed E-state index contributed by atoms with van der Waals surface area (Å²) in [7, 11) is 0. The molecule has 0 saturated carbocycles. The molecular formula is C24H20FN3O4S. The van der Waals surface area contributed by atoms with E-state index in [4.69, 9.17) is 8.94 Å². The van der Waals surface area contributed by atoms with Crippen LogP contribution in [0.2, 0.25) is 0 Å². The number of amides is 2. The maximum atomic E-state index is 13.9. The van der Waals surface area contributed by atoms with Gasteiger partial charge >= 0.3 is 0 Å². The fraction of sp³-hybridized carbons (Fsp3) is 0.208. The van der Waals surface area contributed by atoms with Crippen molar-refractivity contribution in [1.82, 2.24) is 10.5 Å². The quantitative estimate of drug-likeness (QED) is 0.412. The number of aromatic nitrogens is 1. The van der Waals surface area contributed by atoms with Crippen molar-refractivity contribution in [2.45, 2.75) is 32.7 Å². The summed E-state index contributed by atoms with van der Waals surface area (Å²) in [6.45, 7) is 1.92. The molecule has 5 rings (SSSR count). The number of rotatable bonds is 6. The van der Waals surface area contributed by atoms with Crippen molar-refractivity contribution in [3.63, 3.8) is 0 Å². The molecule has 9 heteroatoms. The van der Waals surface area contributed by atoms with Gasteiger partial charge in [0, 0.05) is 16.5 Å². The molecule has 1 aliphatic rings.